The fourth-order valence-corrected chi connectivity index (χ4v) is 8.21. The summed E-state index contributed by atoms with van der Waals surface area (Å²) in [5.74, 6) is -1.24. The first-order valence-corrected chi connectivity index (χ1v) is 21.8. The molecule has 330 valence electrons. The number of nitrogens with zero attached hydrogens (tertiary/aromatic N) is 3. The van der Waals surface area contributed by atoms with Crippen molar-refractivity contribution in [2.75, 3.05) is 0 Å². The van der Waals surface area contributed by atoms with Crippen LogP contribution < -0.4 is 0 Å². The van der Waals surface area contributed by atoms with E-state index in [-0.39, 0.29) is 50.1 Å². The fourth-order valence-electron chi connectivity index (χ4n) is 8.21. The number of hydrogen-bond acceptors (Lipinski definition) is 4. The zero-order chi connectivity index (χ0) is 60.1. The summed E-state index contributed by atoms with van der Waals surface area (Å²) in [7, 11) is 0. The molecule has 0 N–H and O–H groups in total. The van der Waals surface area contributed by atoms with Crippen LogP contribution in [0.3, 0.4) is 0 Å². The molecule has 0 fully saturated rings. The summed E-state index contributed by atoms with van der Waals surface area (Å²) in [6.45, 7) is 3.68. The molecule has 0 atom stereocenters. The van der Waals surface area contributed by atoms with Gasteiger partial charge >= 0.3 is 0 Å². The summed E-state index contributed by atoms with van der Waals surface area (Å²) in [5.41, 5.74) is -1.38. The van der Waals surface area contributed by atoms with Crippen LogP contribution in [0, 0.1) is 12.7 Å². The number of halogens is 1. The third-order valence-electron chi connectivity index (χ3n) is 11.8. The third-order valence-corrected chi connectivity index (χ3v) is 11.8. The van der Waals surface area contributed by atoms with Gasteiger partial charge < -0.3 is 4.42 Å². The Kier molecular flexibility index (Phi) is 7.69. The largest absolute Gasteiger partial charge is 0.455 e. The summed E-state index contributed by atoms with van der Waals surface area (Å²) < 4.78 is 167. The fraction of sp³-hybridized carbons (Fsp3) is 0.177. The molecular formula is C62H54FN3O. The van der Waals surface area contributed by atoms with Gasteiger partial charge in [-0.1, -0.05) is 167 Å². The van der Waals surface area contributed by atoms with Crippen LogP contribution in [0.1, 0.15) is 88.6 Å². The summed E-state index contributed by atoms with van der Waals surface area (Å²) in [5, 5.41) is 0.473. The Morgan fingerprint density at radius 1 is 0.522 bits per heavy atom. The Morgan fingerprint density at radius 2 is 1.07 bits per heavy atom. The number of rotatable bonds is 13. The first-order valence-electron chi connectivity index (χ1n) is 29.8. The number of hydrogen-bond donors (Lipinski definition) is 0. The SMILES string of the molecule is [2H]c1cc2c(oc3c(-c4ccc(C([2H])([2H])C([2H])([2H])c5cc(C([2H])([2H])C(C)(C)c6ccc(-c7ccccc7)nc6)cc(C([2H])([2H])C(C)(C)c6ccc(-c7ccccc7)nc6)c5)cn4)cccc32)c(-c2c([2H])c([2H])c(C([2H])([2H])[2H])c([2H])c2[2H])c1F. The van der Waals surface area contributed by atoms with E-state index in [0.29, 0.717) is 27.9 Å². The van der Waals surface area contributed by atoms with Crippen molar-refractivity contribution in [2.45, 2.75) is 70.9 Å². The highest BCUT2D eigenvalue weighted by molar-refractivity contribution is 6.12. The van der Waals surface area contributed by atoms with Gasteiger partial charge in [-0.2, -0.15) is 0 Å². The minimum atomic E-state index is -3.03. The van der Waals surface area contributed by atoms with Crippen LogP contribution in [0.4, 0.5) is 4.39 Å². The Balaban J connectivity index is 1.06. The number of aromatic nitrogens is 3. The lowest BCUT2D eigenvalue weighted by Gasteiger charge is -2.28. The van der Waals surface area contributed by atoms with Gasteiger partial charge in [0.2, 0.25) is 0 Å². The van der Waals surface area contributed by atoms with E-state index in [1.807, 2.05) is 60.7 Å². The molecule has 0 amide bonds. The molecule has 0 saturated heterocycles. The second-order valence-electron chi connectivity index (χ2n) is 17.3. The molecular weight excluding hydrogens is 822 g/mol. The molecule has 0 aliphatic carbocycles. The molecule has 5 heteroatoms. The van der Waals surface area contributed by atoms with Crippen molar-refractivity contribution >= 4 is 21.9 Å². The Labute approximate surface area is 415 Å². The second kappa shape index (κ2) is 18.1. The molecule has 10 aromatic rings. The number of benzene rings is 6. The third kappa shape index (κ3) is 9.20. The normalized spacial score (nSPS) is 16.5. The van der Waals surface area contributed by atoms with E-state index in [2.05, 4.69) is 15.0 Å². The van der Waals surface area contributed by atoms with Gasteiger partial charge in [-0.05, 0) is 118 Å². The van der Waals surface area contributed by atoms with E-state index in [0.717, 1.165) is 17.3 Å². The minimum Gasteiger partial charge on any atom is -0.455 e. The summed E-state index contributed by atoms with van der Waals surface area (Å²) in [4.78, 5) is 13.9. The maximum absolute atomic E-state index is 16.3. The predicted molar refractivity (Wildman–Crippen MR) is 274 cm³/mol. The Hall–Kier alpha value is -7.50. The summed E-state index contributed by atoms with van der Waals surface area (Å²) in [6.07, 6.45) is -6.41. The minimum absolute atomic E-state index is 0.0753. The first-order chi connectivity index (χ1) is 38.8. The van der Waals surface area contributed by atoms with E-state index in [1.54, 1.807) is 82.6 Å². The van der Waals surface area contributed by atoms with Crippen molar-refractivity contribution < 1.29 is 30.7 Å². The van der Waals surface area contributed by atoms with Crippen molar-refractivity contribution in [3.05, 3.63) is 233 Å². The van der Waals surface area contributed by atoms with E-state index >= 15 is 4.39 Å². The van der Waals surface area contributed by atoms with Crippen LogP contribution in [0.5, 0.6) is 0 Å². The molecule has 0 bridgehead atoms. The molecule has 0 aliphatic heterocycles. The van der Waals surface area contributed by atoms with Crippen molar-refractivity contribution in [3.63, 3.8) is 0 Å². The van der Waals surface area contributed by atoms with E-state index in [4.69, 9.17) is 15.4 Å². The molecule has 10 rings (SSSR count). The maximum atomic E-state index is 16.3. The summed E-state index contributed by atoms with van der Waals surface area (Å²) >= 11 is 0. The van der Waals surface area contributed by atoms with Crippen molar-refractivity contribution in [2.24, 2.45) is 0 Å². The van der Waals surface area contributed by atoms with Crippen molar-refractivity contribution in [1.82, 2.24) is 15.0 Å². The monoisotopic (exact) mass is 892 g/mol. The molecule has 4 nitrogen and oxygen atoms in total. The zero-order valence-corrected chi connectivity index (χ0v) is 37.1. The van der Waals surface area contributed by atoms with E-state index in [1.165, 1.54) is 36.4 Å². The number of pyridine rings is 3. The molecule has 6 aromatic carbocycles. The highest BCUT2D eigenvalue weighted by Gasteiger charge is 2.26. The van der Waals surface area contributed by atoms with Gasteiger partial charge in [-0.15, -0.1) is 0 Å². The topological polar surface area (TPSA) is 51.8 Å². The molecule has 67 heavy (non-hydrogen) atoms. The first kappa shape index (κ1) is 28.5. The van der Waals surface area contributed by atoms with Crippen LogP contribution >= 0.6 is 0 Å². The van der Waals surface area contributed by atoms with Crippen LogP contribution in [-0.4, -0.2) is 15.0 Å². The average molecular weight is 892 g/mol. The number of para-hydroxylation sites is 1. The van der Waals surface area contributed by atoms with Crippen molar-refractivity contribution in [1.29, 1.82) is 0 Å². The molecule has 4 aromatic heterocycles. The molecule has 0 unspecified atom stereocenters. The zero-order valence-electron chi connectivity index (χ0n) is 53.1. The van der Waals surface area contributed by atoms with E-state index < -0.39 is 95.9 Å². The van der Waals surface area contributed by atoms with Gasteiger partial charge in [0.25, 0.3) is 0 Å². The number of aryl methyl sites for hydroxylation is 2. The van der Waals surface area contributed by atoms with Crippen molar-refractivity contribution in [3.8, 4) is 44.9 Å². The lowest BCUT2D eigenvalue weighted by Crippen LogP contribution is -2.23. The number of fused-ring (bicyclic) bond motifs is 3. The number of furan rings is 1. The summed E-state index contributed by atoms with van der Waals surface area (Å²) in [6, 6.07) is 34.5. The van der Waals surface area contributed by atoms with Crippen LogP contribution in [0.15, 0.2) is 193 Å². The van der Waals surface area contributed by atoms with Crippen LogP contribution in [0.2, 0.25) is 0 Å². The Morgan fingerprint density at radius 3 is 1.63 bits per heavy atom. The maximum Gasteiger partial charge on any atom is 0.146 e. The van der Waals surface area contributed by atoms with Gasteiger partial charge in [0, 0.05) is 61.1 Å². The quantitative estimate of drug-likeness (QED) is 0.116. The van der Waals surface area contributed by atoms with Gasteiger partial charge in [-0.3, -0.25) is 15.0 Å². The lowest BCUT2D eigenvalue weighted by atomic mass is 9.77. The van der Waals surface area contributed by atoms with Gasteiger partial charge in [-0.25, -0.2) is 4.39 Å². The molecule has 0 spiro atoms. The Bertz CT molecular complexity index is 3980. The van der Waals surface area contributed by atoms with E-state index in [9.17, 15) is 11.0 Å². The van der Waals surface area contributed by atoms with Gasteiger partial charge in [0.15, 0.2) is 0 Å². The van der Waals surface area contributed by atoms with Crippen LogP contribution in [0.25, 0.3) is 66.8 Å². The highest BCUT2D eigenvalue weighted by Crippen LogP contribution is 2.41. The second-order valence-corrected chi connectivity index (χ2v) is 17.3. The molecule has 0 aliphatic rings. The predicted octanol–water partition coefficient (Wildman–Crippen LogP) is 15.7. The molecule has 0 saturated carbocycles. The highest BCUT2D eigenvalue weighted by atomic mass is 19.1. The smallest absolute Gasteiger partial charge is 0.146 e. The lowest BCUT2D eigenvalue weighted by molar-refractivity contribution is 0.512. The van der Waals surface area contributed by atoms with Crippen LogP contribution in [-0.2, 0) is 36.3 Å². The molecule has 0 radical (unpaired) electrons. The van der Waals surface area contributed by atoms with Gasteiger partial charge in [0.05, 0.1) is 29.5 Å². The standard InChI is InChI=1S/C62H54FN3O/c1-41-19-24-48(25-20-41)58-54(63)29-28-52-51-17-12-18-53(59(51)67-60(52)58)57-30-23-42(38-64-57)21-22-43-33-44(36-61(2,3)49-26-31-55(65-39-49)46-13-8-6-9-14-46)35-45(34-43)37-62(4,5)50-27-32-56(66-40-50)47-15-10-7-11-16-47/h6-20,23-35,38-40H,21-22,36-37H2,1-5H3/i1D3,19D,20D,21D2,22D2,24D,25D,29D,36D2,37D2. The average Bonchev–Trinajstić information content (AvgIpc) is 2.18. The molecule has 4 heterocycles. The van der Waals surface area contributed by atoms with Gasteiger partial charge in [0.1, 0.15) is 17.0 Å².